The molecule has 3 nitrogen and oxygen atoms in total. The van der Waals surface area contributed by atoms with Gasteiger partial charge in [-0.05, 0) is 11.5 Å². The van der Waals surface area contributed by atoms with E-state index in [1.807, 2.05) is 0 Å². The van der Waals surface area contributed by atoms with Crippen LogP contribution in [0, 0.1) is 0 Å². The van der Waals surface area contributed by atoms with Crippen LogP contribution in [0.4, 0.5) is 0 Å². The highest BCUT2D eigenvalue weighted by molar-refractivity contribution is 8.00. The van der Waals surface area contributed by atoms with E-state index in [1.165, 1.54) is 29.6 Å². The molecule has 1 aromatic rings. The summed E-state index contributed by atoms with van der Waals surface area (Å²) in [7, 11) is 0. The van der Waals surface area contributed by atoms with Crippen molar-refractivity contribution in [2.75, 3.05) is 11.6 Å². The number of rotatable bonds is 4. The fraction of sp³-hybridized carbons (Fsp3) is 0.600. The molecule has 0 spiro atoms. The first-order chi connectivity index (χ1) is 5.33. The van der Waals surface area contributed by atoms with Crippen molar-refractivity contribution in [3.63, 3.8) is 0 Å². The van der Waals surface area contributed by atoms with Crippen LogP contribution in [-0.4, -0.2) is 32.2 Å². The van der Waals surface area contributed by atoms with Gasteiger partial charge in [-0.15, -0.1) is 11.6 Å². The van der Waals surface area contributed by atoms with Gasteiger partial charge in [-0.2, -0.15) is 4.37 Å². The molecule has 0 bridgehead atoms. The average Bonchev–Trinajstić information content (AvgIpc) is 2.52. The van der Waals surface area contributed by atoms with Crippen LogP contribution < -0.4 is 0 Å². The number of aliphatic hydroxyl groups is 1. The van der Waals surface area contributed by atoms with E-state index in [4.69, 9.17) is 16.7 Å². The zero-order valence-corrected chi connectivity index (χ0v) is 7.99. The van der Waals surface area contributed by atoms with Crippen LogP contribution >= 0.6 is 34.9 Å². The maximum absolute atomic E-state index is 9.06. The number of halogens is 1. The third-order valence-electron chi connectivity index (χ3n) is 0.918. The van der Waals surface area contributed by atoms with Crippen LogP contribution in [0.1, 0.15) is 0 Å². The van der Waals surface area contributed by atoms with Crippen LogP contribution in [0.25, 0.3) is 0 Å². The van der Waals surface area contributed by atoms with Crippen LogP contribution in [-0.2, 0) is 0 Å². The fourth-order valence-corrected chi connectivity index (χ4v) is 2.07. The van der Waals surface area contributed by atoms with E-state index in [0.29, 0.717) is 5.75 Å². The minimum atomic E-state index is -0.453. The Labute approximate surface area is 78.0 Å². The molecule has 0 aliphatic rings. The number of thioether (sulfide) groups is 1. The first-order valence-electron chi connectivity index (χ1n) is 2.96. The van der Waals surface area contributed by atoms with E-state index >= 15 is 0 Å². The third kappa shape index (κ3) is 3.37. The molecule has 1 N–H and O–H groups in total. The van der Waals surface area contributed by atoms with E-state index in [2.05, 4.69) is 9.36 Å². The minimum Gasteiger partial charge on any atom is -0.391 e. The Morgan fingerprint density at radius 1 is 1.82 bits per heavy atom. The van der Waals surface area contributed by atoms with E-state index in [-0.39, 0.29) is 5.88 Å². The molecule has 1 unspecified atom stereocenters. The van der Waals surface area contributed by atoms with Gasteiger partial charge in [0.1, 0.15) is 6.33 Å². The van der Waals surface area contributed by atoms with Crippen molar-refractivity contribution in [3.05, 3.63) is 6.33 Å². The maximum atomic E-state index is 9.06. The van der Waals surface area contributed by atoms with Gasteiger partial charge in [0.25, 0.3) is 0 Å². The monoisotopic (exact) mass is 210 g/mol. The summed E-state index contributed by atoms with van der Waals surface area (Å²) in [5, 5.41) is 9.06. The average molecular weight is 211 g/mol. The van der Waals surface area contributed by atoms with Gasteiger partial charge in [0, 0.05) is 11.6 Å². The summed E-state index contributed by atoms with van der Waals surface area (Å²) in [6, 6.07) is 0. The standard InChI is InChI=1S/C5H7ClN2OS2/c6-1-4(9)2-10-5-7-3-8-11-5/h3-4,9H,1-2H2. The van der Waals surface area contributed by atoms with Gasteiger partial charge in [-0.1, -0.05) is 11.8 Å². The number of nitrogens with zero attached hydrogens (tertiary/aromatic N) is 2. The van der Waals surface area contributed by atoms with Gasteiger partial charge >= 0.3 is 0 Å². The van der Waals surface area contributed by atoms with Gasteiger partial charge in [-0.3, -0.25) is 0 Å². The van der Waals surface area contributed by atoms with Gasteiger partial charge in [0.15, 0.2) is 4.34 Å². The SMILES string of the molecule is OC(CCl)CSc1ncns1. The third-order valence-corrected chi connectivity index (χ3v) is 3.22. The summed E-state index contributed by atoms with van der Waals surface area (Å²) in [4.78, 5) is 3.94. The number of aromatic nitrogens is 2. The Hall–Kier alpha value is 0.160. The minimum absolute atomic E-state index is 0.270. The molecular weight excluding hydrogens is 204 g/mol. The largest absolute Gasteiger partial charge is 0.391 e. The number of aliphatic hydroxyl groups excluding tert-OH is 1. The second-order valence-electron chi connectivity index (χ2n) is 1.83. The predicted molar refractivity (Wildman–Crippen MR) is 47.4 cm³/mol. The Morgan fingerprint density at radius 2 is 2.64 bits per heavy atom. The van der Waals surface area contributed by atoms with Gasteiger partial charge < -0.3 is 5.11 Å². The zero-order valence-electron chi connectivity index (χ0n) is 5.61. The van der Waals surface area contributed by atoms with Crippen LogP contribution in [0.15, 0.2) is 10.7 Å². The molecule has 6 heteroatoms. The lowest BCUT2D eigenvalue weighted by atomic mass is 10.5. The van der Waals surface area contributed by atoms with Gasteiger partial charge in [0.05, 0.1) is 6.10 Å². The number of alkyl halides is 1. The molecule has 0 aliphatic carbocycles. The van der Waals surface area contributed by atoms with Crippen molar-refractivity contribution in [2.45, 2.75) is 10.4 Å². The summed E-state index contributed by atoms with van der Waals surface area (Å²) in [5.41, 5.74) is 0. The first kappa shape index (κ1) is 9.25. The Balaban J connectivity index is 2.23. The van der Waals surface area contributed by atoms with Crippen LogP contribution in [0.3, 0.4) is 0 Å². The highest BCUT2D eigenvalue weighted by Crippen LogP contribution is 2.18. The van der Waals surface area contributed by atoms with Crippen molar-refractivity contribution in [2.24, 2.45) is 0 Å². The van der Waals surface area contributed by atoms with E-state index < -0.39 is 6.10 Å². The van der Waals surface area contributed by atoms with Crippen molar-refractivity contribution in [3.8, 4) is 0 Å². The quantitative estimate of drug-likeness (QED) is 0.600. The van der Waals surface area contributed by atoms with Gasteiger partial charge in [-0.25, -0.2) is 4.98 Å². The molecule has 0 saturated carbocycles. The predicted octanol–water partition coefficient (Wildman–Crippen LogP) is 1.23. The molecule has 0 saturated heterocycles. The highest BCUT2D eigenvalue weighted by Gasteiger charge is 2.04. The van der Waals surface area contributed by atoms with Crippen molar-refractivity contribution < 1.29 is 5.11 Å². The van der Waals surface area contributed by atoms with Crippen molar-refractivity contribution >= 4 is 34.9 Å². The fourth-order valence-electron chi connectivity index (χ4n) is 0.439. The molecule has 1 rings (SSSR count). The molecule has 1 heterocycles. The highest BCUT2D eigenvalue weighted by atomic mass is 35.5. The molecule has 0 aromatic carbocycles. The molecular formula is C5H7ClN2OS2. The first-order valence-corrected chi connectivity index (χ1v) is 5.25. The molecule has 0 fully saturated rings. The lowest BCUT2D eigenvalue weighted by Gasteiger charge is -2.01. The molecule has 1 atom stereocenters. The summed E-state index contributed by atoms with van der Waals surface area (Å²) >= 11 is 8.19. The number of hydrogen-bond acceptors (Lipinski definition) is 5. The molecule has 0 amide bonds. The smallest absolute Gasteiger partial charge is 0.169 e. The molecule has 62 valence electrons. The Kier molecular flexibility index (Phi) is 4.14. The Bertz CT molecular complexity index is 194. The van der Waals surface area contributed by atoms with E-state index in [0.717, 1.165) is 4.34 Å². The molecule has 1 aromatic heterocycles. The summed E-state index contributed by atoms with van der Waals surface area (Å²) < 4.78 is 4.69. The van der Waals surface area contributed by atoms with E-state index in [1.54, 1.807) is 0 Å². The summed E-state index contributed by atoms with van der Waals surface area (Å²) in [6.07, 6.45) is 1.05. The van der Waals surface area contributed by atoms with Crippen molar-refractivity contribution in [1.29, 1.82) is 0 Å². The lowest BCUT2D eigenvalue weighted by Crippen LogP contribution is -2.10. The zero-order chi connectivity index (χ0) is 8.10. The normalized spacial score (nSPS) is 13.3. The summed E-state index contributed by atoms with van der Waals surface area (Å²) in [6.45, 7) is 0. The van der Waals surface area contributed by atoms with Gasteiger partial charge in [0.2, 0.25) is 0 Å². The number of hydrogen-bond donors (Lipinski definition) is 1. The second kappa shape index (κ2) is 4.92. The van der Waals surface area contributed by atoms with Crippen LogP contribution in [0.2, 0.25) is 0 Å². The topological polar surface area (TPSA) is 46.0 Å². The summed E-state index contributed by atoms with van der Waals surface area (Å²) in [5.74, 6) is 0.852. The molecule has 0 aliphatic heterocycles. The van der Waals surface area contributed by atoms with Crippen LogP contribution in [0.5, 0.6) is 0 Å². The second-order valence-corrected chi connectivity index (χ2v) is 4.18. The Morgan fingerprint density at radius 3 is 3.18 bits per heavy atom. The van der Waals surface area contributed by atoms with Crippen molar-refractivity contribution in [1.82, 2.24) is 9.36 Å². The molecule has 0 radical (unpaired) electrons. The lowest BCUT2D eigenvalue weighted by molar-refractivity contribution is 0.223. The molecule has 11 heavy (non-hydrogen) atoms. The maximum Gasteiger partial charge on any atom is 0.169 e. The van der Waals surface area contributed by atoms with E-state index in [9.17, 15) is 0 Å².